The fraction of sp³-hybridized carbons (Fsp3) is 0.737. The minimum atomic E-state index is -1.66. The third-order valence-electron chi connectivity index (χ3n) is 4.60. The lowest BCUT2D eigenvalue weighted by Gasteiger charge is -2.21. The number of hydrogen-bond donors (Lipinski definition) is 1. The van der Waals surface area contributed by atoms with E-state index in [2.05, 4.69) is 33.8 Å². The van der Waals surface area contributed by atoms with E-state index in [1.807, 2.05) is 6.92 Å². The smallest absolute Gasteiger partial charge is 0.271 e. The van der Waals surface area contributed by atoms with Gasteiger partial charge < -0.3 is 9.84 Å². The largest absolute Gasteiger partial charge is 0.454 e. The molecule has 22 heavy (non-hydrogen) atoms. The van der Waals surface area contributed by atoms with Crippen molar-refractivity contribution in [1.82, 2.24) is 0 Å². The van der Waals surface area contributed by atoms with E-state index in [4.69, 9.17) is 4.74 Å². The molecule has 1 aliphatic heterocycles. The van der Waals surface area contributed by atoms with Gasteiger partial charge in [-0.2, -0.15) is 0 Å². The predicted octanol–water partition coefficient (Wildman–Crippen LogP) is 4.61. The van der Waals surface area contributed by atoms with Crippen molar-refractivity contribution < 1.29 is 14.6 Å². The Morgan fingerprint density at radius 2 is 1.91 bits per heavy atom. The van der Waals surface area contributed by atoms with Gasteiger partial charge in [0.15, 0.2) is 0 Å². The number of hydrogen-bond acceptors (Lipinski definition) is 3. The highest BCUT2D eigenvalue weighted by Gasteiger charge is 2.41. The van der Waals surface area contributed by atoms with Gasteiger partial charge in [-0.25, -0.2) is 0 Å². The van der Waals surface area contributed by atoms with E-state index in [9.17, 15) is 9.90 Å². The Morgan fingerprint density at radius 1 is 1.27 bits per heavy atom. The molecule has 1 heterocycles. The van der Waals surface area contributed by atoms with E-state index in [1.54, 1.807) is 6.92 Å². The van der Waals surface area contributed by atoms with Crippen LogP contribution >= 0.6 is 0 Å². The van der Waals surface area contributed by atoms with Crippen LogP contribution in [-0.2, 0) is 9.53 Å². The molecule has 0 bridgehead atoms. The van der Waals surface area contributed by atoms with Crippen molar-refractivity contribution in [1.29, 1.82) is 0 Å². The molecule has 126 valence electrons. The van der Waals surface area contributed by atoms with Gasteiger partial charge in [-0.05, 0) is 43.1 Å². The predicted molar refractivity (Wildman–Crippen MR) is 90.2 cm³/mol. The van der Waals surface area contributed by atoms with Crippen LogP contribution in [0.15, 0.2) is 23.5 Å². The molecule has 0 saturated heterocycles. The van der Waals surface area contributed by atoms with Crippen LogP contribution < -0.4 is 0 Å². The SMILES string of the molecule is CCC(C)CC(C)CC(C)C=C(C)C1=CC(=O)C(O)(CC)O1. The van der Waals surface area contributed by atoms with E-state index < -0.39 is 5.79 Å². The maximum atomic E-state index is 11.8. The lowest BCUT2D eigenvalue weighted by Crippen LogP contribution is -2.35. The number of ether oxygens (including phenoxy) is 1. The van der Waals surface area contributed by atoms with Gasteiger partial charge in [-0.1, -0.05) is 47.1 Å². The summed E-state index contributed by atoms with van der Waals surface area (Å²) >= 11 is 0. The first kappa shape index (κ1) is 19.0. The molecule has 0 aromatic rings. The number of rotatable bonds is 8. The molecule has 1 aliphatic rings. The second-order valence-corrected chi connectivity index (χ2v) is 7.03. The average Bonchev–Trinajstić information content (AvgIpc) is 2.75. The van der Waals surface area contributed by atoms with Gasteiger partial charge >= 0.3 is 0 Å². The van der Waals surface area contributed by atoms with Crippen molar-refractivity contribution in [3.8, 4) is 0 Å². The summed E-state index contributed by atoms with van der Waals surface area (Å²) in [5.74, 6) is 0.379. The number of aliphatic hydroxyl groups is 1. The highest BCUT2D eigenvalue weighted by Crippen LogP contribution is 2.31. The first-order chi connectivity index (χ1) is 10.2. The Morgan fingerprint density at radius 3 is 2.41 bits per heavy atom. The van der Waals surface area contributed by atoms with Crippen LogP contribution in [0.25, 0.3) is 0 Å². The summed E-state index contributed by atoms with van der Waals surface area (Å²) in [6, 6.07) is 0. The molecule has 0 aromatic carbocycles. The van der Waals surface area contributed by atoms with E-state index in [1.165, 1.54) is 18.9 Å². The van der Waals surface area contributed by atoms with Crippen LogP contribution in [0.2, 0.25) is 0 Å². The van der Waals surface area contributed by atoms with Crippen LogP contribution in [0.1, 0.15) is 67.2 Å². The molecule has 1 N–H and O–H groups in total. The molecule has 0 saturated carbocycles. The average molecular weight is 308 g/mol. The molecule has 0 spiro atoms. The Labute approximate surface area is 135 Å². The van der Waals surface area contributed by atoms with E-state index >= 15 is 0 Å². The zero-order valence-electron chi connectivity index (χ0n) is 15.0. The van der Waals surface area contributed by atoms with Crippen LogP contribution in [0, 0.1) is 17.8 Å². The fourth-order valence-electron chi connectivity index (χ4n) is 3.10. The van der Waals surface area contributed by atoms with E-state index in [-0.39, 0.29) is 12.2 Å². The van der Waals surface area contributed by atoms with Gasteiger partial charge in [-0.15, -0.1) is 0 Å². The van der Waals surface area contributed by atoms with Gasteiger partial charge in [0, 0.05) is 12.5 Å². The quantitative estimate of drug-likeness (QED) is 0.712. The lowest BCUT2D eigenvalue weighted by atomic mass is 9.88. The molecule has 4 unspecified atom stereocenters. The third kappa shape index (κ3) is 4.98. The lowest BCUT2D eigenvalue weighted by molar-refractivity contribution is -0.177. The second kappa shape index (κ2) is 7.96. The summed E-state index contributed by atoms with van der Waals surface area (Å²) in [6.45, 7) is 12.7. The monoisotopic (exact) mass is 308 g/mol. The van der Waals surface area contributed by atoms with Gasteiger partial charge in [0.05, 0.1) is 0 Å². The Bertz CT molecular complexity index is 450. The minimum Gasteiger partial charge on any atom is -0.454 e. The van der Waals surface area contributed by atoms with Crippen LogP contribution in [0.5, 0.6) is 0 Å². The summed E-state index contributed by atoms with van der Waals surface area (Å²) in [5.41, 5.74) is 0.931. The molecule has 0 fully saturated rings. The summed E-state index contributed by atoms with van der Waals surface area (Å²) in [7, 11) is 0. The number of allylic oxidation sites excluding steroid dienone is 2. The maximum absolute atomic E-state index is 11.8. The van der Waals surface area contributed by atoms with Gasteiger partial charge in [0.1, 0.15) is 5.76 Å². The van der Waals surface area contributed by atoms with Crippen molar-refractivity contribution in [3.63, 3.8) is 0 Å². The van der Waals surface area contributed by atoms with Crippen LogP contribution in [-0.4, -0.2) is 16.7 Å². The van der Waals surface area contributed by atoms with Gasteiger partial charge in [0.2, 0.25) is 5.78 Å². The van der Waals surface area contributed by atoms with Crippen molar-refractivity contribution in [2.24, 2.45) is 17.8 Å². The topological polar surface area (TPSA) is 46.5 Å². The van der Waals surface area contributed by atoms with Crippen molar-refractivity contribution in [3.05, 3.63) is 23.5 Å². The Hall–Kier alpha value is -1.09. The zero-order valence-corrected chi connectivity index (χ0v) is 15.0. The zero-order chi connectivity index (χ0) is 16.9. The number of carbonyl (C=O) groups excluding carboxylic acids is 1. The van der Waals surface area contributed by atoms with Crippen molar-refractivity contribution in [2.45, 2.75) is 73.0 Å². The molecule has 0 amide bonds. The minimum absolute atomic E-state index is 0.264. The first-order valence-corrected chi connectivity index (χ1v) is 8.58. The summed E-state index contributed by atoms with van der Waals surface area (Å²) < 4.78 is 5.46. The van der Waals surface area contributed by atoms with Crippen molar-refractivity contribution in [2.75, 3.05) is 0 Å². The molecule has 4 atom stereocenters. The van der Waals surface area contributed by atoms with E-state index in [0.29, 0.717) is 17.6 Å². The Balaban J connectivity index is 2.62. The summed E-state index contributed by atoms with van der Waals surface area (Å²) in [4.78, 5) is 11.8. The Kier molecular flexibility index (Phi) is 6.86. The van der Waals surface area contributed by atoms with E-state index in [0.717, 1.165) is 17.9 Å². The van der Waals surface area contributed by atoms with Gasteiger partial charge in [0.25, 0.3) is 5.79 Å². The molecule has 0 aromatic heterocycles. The third-order valence-corrected chi connectivity index (χ3v) is 4.60. The van der Waals surface area contributed by atoms with Crippen molar-refractivity contribution >= 4 is 5.78 Å². The molecule has 1 rings (SSSR count). The number of carbonyl (C=O) groups is 1. The number of ketones is 1. The maximum Gasteiger partial charge on any atom is 0.271 e. The fourth-order valence-corrected chi connectivity index (χ4v) is 3.10. The molecular weight excluding hydrogens is 276 g/mol. The van der Waals surface area contributed by atoms with Crippen LogP contribution in [0.4, 0.5) is 0 Å². The van der Waals surface area contributed by atoms with Crippen LogP contribution in [0.3, 0.4) is 0 Å². The molecule has 3 heteroatoms. The van der Waals surface area contributed by atoms with Gasteiger partial charge in [-0.3, -0.25) is 4.79 Å². The normalized spacial score (nSPS) is 26.4. The molecule has 3 nitrogen and oxygen atoms in total. The highest BCUT2D eigenvalue weighted by atomic mass is 16.6. The molecule has 0 aliphatic carbocycles. The first-order valence-electron chi connectivity index (χ1n) is 8.58. The molecular formula is C19H32O3. The highest BCUT2D eigenvalue weighted by molar-refractivity contribution is 5.98. The summed E-state index contributed by atoms with van der Waals surface area (Å²) in [5, 5.41) is 10.0. The second-order valence-electron chi connectivity index (χ2n) is 7.03. The molecule has 0 radical (unpaired) electrons. The standard InChI is InChI=1S/C19H32O3/c1-7-13(3)9-14(4)10-15(5)11-16(6)17-12-18(20)19(21,8-2)22-17/h11-15,21H,7-10H2,1-6H3. The summed E-state index contributed by atoms with van der Waals surface area (Å²) in [6.07, 6.45) is 7.44.